The Morgan fingerprint density at radius 1 is 0.938 bits per heavy atom. The molecule has 76 valence electrons. The Hall–Kier alpha value is -1.98. The second-order valence-corrected chi connectivity index (χ2v) is 3.42. The molecule has 2 aromatic rings. The number of ether oxygens (including phenoxy) is 1. The fourth-order valence-electron chi connectivity index (χ4n) is 1.38. The fraction of sp³-hybridized carbons (Fsp3) is 0.0667. The van der Waals surface area contributed by atoms with E-state index in [1.54, 1.807) is 0 Å². The van der Waals surface area contributed by atoms with Crippen LogP contribution in [0.3, 0.4) is 0 Å². The molecule has 0 aliphatic heterocycles. The van der Waals surface area contributed by atoms with Gasteiger partial charge < -0.3 is 0 Å². The maximum absolute atomic E-state index is 6.96. The summed E-state index contributed by atoms with van der Waals surface area (Å²) in [6.07, 6.45) is 6.96. The third-order valence-electron chi connectivity index (χ3n) is 2.25. The van der Waals surface area contributed by atoms with Crippen LogP contribution in [0, 0.1) is 12.3 Å². The van der Waals surface area contributed by atoms with E-state index in [1.807, 2.05) is 54.6 Å². The van der Waals surface area contributed by atoms with Crippen LogP contribution in [0.15, 0.2) is 54.6 Å². The summed E-state index contributed by atoms with van der Waals surface area (Å²) in [7, 11) is 0. The average molecular weight is 207 g/mol. The van der Waals surface area contributed by atoms with E-state index in [-0.39, 0.29) is 0 Å². The molecule has 2 aromatic carbocycles. The van der Waals surface area contributed by atoms with Gasteiger partial charge in [-0.15, -0.1) is 0 Å². The van der Waals surface area contributed by atoms with Gasteiger partial charge in [-0.1, -0.05) is 0 Å². The Labute approximate surface area is 95.7 Å². The van der Waals surface area contributed by atoms with Crippen LogP contribution >= 0.6 is 0 Å². The normalized spacial score (nSPS) is 9.62. The first kappa shape index (κ1) is 10.5. The van der Waals surface area contributed by atoms with Crippen molar-refractivity contribution in [1.82, 2.24) is 0 Å². The molecular formula is C15H11O+. The zero-order chi connectivity index (χ0) is 11.2. The predicted octanol–water partition coefficient (Wildman–Crippen LogP) is 3.20. The quantitative estimate of drug-likeness (QED) is 0.554. The molecule has 0 heterocycles. The number of hydrogen-bond donors (Lipinski definition) is 0. The molecule has 0 atom stereocenters. The molecule has 0 aromatic heterocycles. The zero-order valence-corrected chi connectivity index (χ0v) is 8.81. The molecule has 1 heteroatoms. The summed E-state index contributed by atoms with van der Waals surface area (Å²) < 4.78 is 5.60. The standard InChI is InChI=1S/C15H11O/c1-2-13-8-10-15(11-9-13)16-12-14-6-4-3-5-7-14/h3-11H,12H2/q+1. The summed E-state index contributed by atoms with van der Waals surface area (Å²) >= 11 is 0. The number of benzene rings is 2. The van der Waals surface area contributed by atoms with E-state index in [0.29, 0.717) is 6.61 Å². The summed E-state index contributed by atoms with van der Waals surface area (Å²) in [5.41, 5.74) is 1.90. The molecule has 16 heavy (non-hydrogen) atoms. The fourth-order valence-corrected chi connectivity index (χ4v) is 1.38. The minimum absolute atomic E-state index is 0.564. The zero-order valence-electron chi connectivity index (χ0n) is 8.81. The van der Waals surface area contributed by atoms with Gasteiger partial charge in [0, 0.05) is 0 Å². The van der Waals surface area contributed by atoms with Crippen molar-refractivity contribution < 1.29 is 4.74 Å². The van der Waals surface area contributed by atoms with Gasteiger partial charge in [-0.25, -0.2) is 0 Å². The van der Waals surface area contributed by atoms with Crippen molar-refractivity contribution in [2.24, 2.45) is 0 Å². The summed E-state index contributed by atoms with van der Waals surface area (Å²) in [6.45, 7) is 0.564. The molecule has 0 amide bonds. The van der Waals surface area contributed by atoms with Crippen molar-refractivity contribution in [1.29, 1.82) is 0 Å². The SMILES string of the molecule is [C+]#Cc1ccc(OCc2ccccc2)cc1. The van der Waals surface area contributed by atoms with E-state index in [1.165, 1.54) is 0 Å². The van der Waals surface area contributed by atoms with Gasteiger partial charge in [0.15, 0.2) is 0 Å². The second kappa shape index (κ2) is 5.20. The third-order valence-corrected chi connectivity index (χ3v) is 2.25. The topological polar surface area (TPSA) is 9.23 Å². The van der Waals surface area contributed by atoms with Gasteiger partial charge in [-0.2, -0.15) is 0 Å². The molecule has 0 unspecified atom stereocenters. The van der Waals surface area contributed by atoms with Crippen LogP contribution in [0.25, 0.3) is 0 Å². The van der Waals surface area contributed by atoms with Crippen LogP contribution in [-0.2, 0) is 6.61 Å². The second-order valence-electron chi connectivity index (χ2n) is 3.42. The Bertz CT molecular complexity index is 477. The van der Waals surface area contributed by atoms with Gasteiger partial charge in [0.1, 0.15) is 0 Å². The van der Waals surface area contributed by atoms with Crippen molar-refractivity contribution in [3.8, 4) is 11.7 Å². The van der Waals surface area contributed by atoms with E-state index in [9.17, 15) is 0 Å². The molecule has 0 N–H and O–H groups in total. The van der Waals surface area contributed by atoms with Crippen molar-refractivity contribution in [2.75, 3.05) is 0 Å². The minimum atomic E-state index is 0.564. The Kier molecular flexibility index (Phi) is 3.42. The molecule has 1 nitrogen and oxygen atoms in total. The van der Waals surface area contributed by atoms with Gasteiger partial charge >= 0.3 is 95.2 Å². The van der Waals surface area contributed by atoms with Crippen molar-refractivity contribution in [2.45, 2.75) is 6.61 Å². The van der Waals surface area contributed by atoms with Crippen LogP contribution in [0.4, 0.5) is 0 Å². The van der Waals surface area contributed by atoms with Gasteiger partial charge in [0.2, 0.25) is 0 Å². The van der Waals surface area contributed by atoms with Gasteiger partial charge in [-0.3, -0.25) is 0 Å². The summed E-state index contributed by atoms with van der Waals surface area (Å²) in [6, 6.07) is 17.3. The summed E-state index contributed by atoms with van der Waals surface area (Å²) in [4.78, 5) is 0. The van der Waals surface area contributed by atoms with Crippen molar-refractivity contribution in [3.05, 3.63) is 72.1 Å². The molecule has 0 spiro atoms. The van der Waals surface area contributed by atoms with E-state index in [4.69, 9.17) is 11.2 Å². The van der Waals surface area contributed by atoms with Gasteiger partial charge in [0.25, 0.3) is 0 Å². The van der Waals surface area contributed by atoms with E-state index >= 15 is 0 Å². The Morgan fingerprint density at radius 3 is 2.25 bits per heavy atom. The molecule has 0 aliphatic carbocycles. The summed E-state index contributed by atoms with van der Waals surface area (Å²) in [5, 5.41) is 0. The molecule has 0 saturated carbocycles. The van der Waals surface area contributed by atoms with E-state index < -0.39 is 0 Å². The first-order chi connectivity index (χ1) is 7.88. The molecule has 0 saturated heterocycles. The van der Waals surface area contributed by atoms with Crippen LogP contribution in [-0.4, -0.2) is 0 Å². The van der Waals surface area contributed by atoms with Gasteiger partial charge in [-0.05, 0) is 0 Å². The van der Waals surface area contributed by atoms with Crippen LogP contribution in [0.2, 0.25) is 0 Å². The average Bonchev–Trinajstić information content (AvgIpc) is 2.38. The van der Waals surface area contributed by atoms with E-state index in [2.05, 4.69) is 5.92 Å². The molecule has 2 rings (SSSR count). The van der Waals surface area contributed by atoms with Crippen molar-refractivity contribution >= 4 is 0 Å². The van der Waals surface area contributed by atoms with E-state index in [0.717, 1.165) is 16.9 Å². The molecule has 0 fully saturated rings. The first-order valence-corrected chi connectivity index (χ1v) is 5.08. The molecule has 0 radical (unpaired) electrons. The van der Waals surface area contributed by atoms with Gasteiger partial charge in [0.05, 0.1) is 0 Å². The van der Waals surface area contributed by atoms with Crippen molar-refractivity contribution in [3.63, 3.8) is 0 Å². The molecule has 0 bridgehead atoms. The van der Waals surface area contributed by atoms with Crippen LogP contribution in [0.5, 0.6) is 5.75 Å². The Balaban J connectivity index is 1.98. The predicted molar refractivity (Wildman–Crippen MR) is 63.4 cm³/mol. The molecular weight excluding hydrogens is 196 g/mol. The summed E-state index contributed by atoms with van der Waals surface area (Å²) in [5.74, 6) is 3.13. The Morgan fingerprint density at radius 2 is 1.62 bits per heavy atom. The first-order valence-electron chi connectivity index (χ1n) is 5.08. The number of rotatable bonds is 3. The third kappa shape index (κ3) is 2.75. The maximum atomic E-state index is 6.96. The monoisotopic (exact) mass is 207 g/mol. The van der Waals surface area contributed by atoms with Crippen LogP contribution in [0.1, 0.15) is 11.1 Å². The number of hydrogen-bond acceptors (Lipinski definition) is 1. The molecule has 0 aliphatic rings. The van der Waals surface area contributed by atoms with Crippen LogP contribution < -0.4 is 4.74 Å².